The van der Waals surface area contributed by atoms with Crippen LogP contribution in [0.3, 0.4) is 0 Å². The van der Waals surface area contributed by atoms with Crippen molar-refractivity contribution in [1.82, 2.24) is 9.97 Å². The summed E-state index contributed by atoms with van der Waals surface area (Å²) in [6, 6.07) is 25.4. The van der Waals surface area contributed by atoms with E-state index in [4.69, 9.17) is 9.97 Å². The molecule has 7 heteroatoms. The number of nitrogens with zero attached hydrogens (tertiary/aromatic N) is 2. The van der Waals surface area contributed by atoms with Gasteiger partial charge in [-0.15, -0.1) is 7.92 Å². The molecule has 2 aromatic carbocycles. The zero-order valence-corrected chi connectivity index (χ0v) is 33.5. The van der Waals surface area contributed by atoms with Crippen molar-refractivity contribution in [3.63, 3.8) is 0 Å². The van der Waals surface area contributed by atoms with Crippen LogP contribution in [0.2, 0.25) is 39.3 Å². The van der Waals surface area contributed by atoms with Crippen molar-refractivity contribution >= 4 is 53.2 Å². The Balaban J connectivity index is 0.000000973. The molecule has 0 saturated heterocycles. The fourth-order valence-corrected chi connectivity index (χ4v) is 17.6. The molecule has 4 aromatic rings. The Kier molecular flexibility index (Phi) is 13.6. The summed E-state index contributed by atoms with van der Waals surface area (Å²) >= 11 is 0. The van der Waals surface area contributed by atoms with Gasteiger partial charge in [0.1, 0.15) is 0 Å². The van der Waals surface area contributed by atoms with E-state index in [0.29, 0.717) is 10.3 Å². The summed E-state index contributed by atoms with van der Waals surface area (Å²) in [6.07, 6.45) is 6.13. The predicted molar refractivity (Wildman–Crippen MR) is 199 cm³/mol. The minimum absolute atomic E-state index is 0. The first-order chi connectivity index (χ1) is 19.4. The van der Waals surface area contributed by atoms with Gasteiger partial charge in [0, 0.05) is 37.5 Å². The summed E-state index contributed by atoms with van der Waals surface area (Å²) in [6.45, 7) is 30.1. The fraction of sp³-hybridized carbons (Fsp3) is 0.444. The minimum Gasteiger partial charge on any atom is -0.748 e. The van der Waals surface area contributed by atoms with Crippen LogP contribution in [0.15, 0.2) is 85.2 Å². The summed E-state index contributed by atoms with van der Waals surface area (Å²) in [5.74, 6) is 0. The molecule has 0 N–H and O–H groups in total. The maximum atomic E-state index is 4.86. The molecule has 43 heavy (non-hydrogen) atoms. The molecule has 2 nitrogen and oxygen atoms in total. The molecule has 0 amide bonds. The average molecular weight is 689 g/mol. The van der Waals surface area contributed by atoms with E-state index in [1.165, 1.54) is 17.0 Å². The van der Waals surface area contributed by atoms with Gasteiger partial charge in [0.25, 0.3) is 0 Å². The topological polar surface area (TPSA) is 25.8 Å². The molecule has 0 radical (unpaired) electrons. The normalized spacial score (nSPS) is 12.6. The molecule has 0 aliphatic heterocycles. The van der Waals surface area contributed by atoms with Gasteiger partial charge in [0.05, 0.1) is 18.9 Å². The molecule has 0 saturated carbocycles. The molecule has 0 bridgehead atoms. The first kappa shape index (κ1) is 38.0. The molecular weight excluding hydrogens is 634 g/mol. The third-order valence-corrected chi connectivity index (χ3v) is 18.0. The number of pyridine rings is 2. The van der Waals surface area contributed by atoms with Gasteiger partial charge in [-0.3, -0.25) is 9.97 Å². The van der Waals surface area contributed by atoms with E-state index in [9.17, 15) is 0 Å². The Morgan fingerprint density at radius 3 is 1.47 bits per heavy atom. The molecule has 2 heterocycles. The van der Waals surface area contributed by atoms with Gasteiger partial charge in [-0.05, 0) is 48.7 Å². The molecule has 0 aliphatic carbocycles. The van der Waals surface area contributed by atoms with Crippen LogP contribution >= 0.6 is 15.8 Å². The summed E-state index contributed by atoms with van der Waals surface area (Å²) in [5, 5.41) is 4.08. The predicted octanol–water partition coefficient (Wildman–Crippen LogP) is 8.90. The second-order valence-corrected chi connectivity index (χ2v) is 31.3. The Morgan fingerprint density at radius 1 is 0.698 bits per heavy atom. The van der Waals surface area contributed by atoms with E-state index in [0.717, 1.165) is 6.16 Å². The molecule has 0 spiro atoms. The Morgan fingerprint density at radius 2 is 1.14 bits per heavy atom. The third-order valence-electron chi connectivity index (χ3n) is 7.51. The van der Waals surface area contributed by atoms with Crippen molar-refractivity contribution in [2.75, 3.05) is 0 Å². The van der Waals surface area contributed by atoms with Gasteiger partial charge in [0.15, 0.2) is 0 Å². The second kappa shape index (κ2) is 15.4. The molecule has 0 unspecified atom stereocenters. The van der Waals surface area contributed by atoms with Crippen LogP contribution in [-0.2, 0) is 29.4 Å². The third kappa shape index (κ3) is 10.7. The van der Waals surface area contributed by atoms with Crippen LogP contribution in [0.25, 0.3) is 0 Å². The van der Waals surface area contributed by atoms with E-state index < -0.39 is 24.1 Å². The number of rotatable bonds is 8. The largest absolute Gasteiger partial charge is 0.748 e. The van der Waals surface area contributed by atoms with E-state index in [-0.39, 0.29) is 25.0 Å². The Labute approximate surface area is 278 Å². The molecule has 0 atom stereocenters. The SMILES string of the molecule is CC(C)(C)P(C[c-]1c(CP(c2ccccn2)c2ccccn2)cc([Si](C)(C)C)c1[Si](C)(C)C)C(C)(C)C.[Fe].[cH-]1[cH-][cH-][cH-][cH-]1. The van der Waals surface area contributed by atoms with E-state index in [2.05, 4.69) is 111 Å². The Bertz CT molecular complexity index is 1290. The van der Waals surface area contributed by atoms with Crippen molar-refractivity contribution in [1.29, 1.82) is 0 Å². The van der Waals surface area contributed by atoms with Crippen LogP contribution in [0.1, 0.15) is 52.7 Å². The van der Waals surface area contributed by atoms with Crippen LogP contribution in [-0.4, -0.2) is 36.4 Å². The molecule has 0 aliphatic rings. The van der Waals surface area contributed by atoms with Gasteiger partial charge in [-0.25, -0.2) is 11.3 Å². The van der Waals surface area contributed by atoms with Gasteiger partial charge >= 0.3 is 0 Å². The standard InChI is InChI=1S/C31H49N2P2Si2.C5H5.Fe/c1-30(2,3)35(31(4,5)6)23-25-24(21-26(36(7,8)9)29(25)37(10,11)12)22-34(27-17-13-15-19-32-27)28-18-14-16-20-33-28;1-2-4-5-3-1;/h13-21H,22-23H2,1-12H3;1-5H;/q-1;-5;. The zero-order chi connectivity index (χ0) is 31.3. The van der Waals surface area contributed by atoms with Crippen molar-refractivity contribution in [3.05, 3.63) is 96.3 Å². The molecule has 4 rings (SSSR count). The summed E-state index contributed by atoms with van der Waals surface area (Å²) in [5.41, 5.74) is 5.65. The summed E-state index contributed by atoms with van der Waals surface area (Å²) in [7, 11) is -4.04. The molecule has 0 fully saturated rings. The van der Waals surface area contributed by atoms with Gasteiger partial charge in [-0.1, -0.05) is 99.1 Å². The molecular formula is C36H54FeN2P2Si2-6. The van der Waals surface area contributed by atoms with Crippen LogP contribution in [0.4, 0.5) is 0 Å². The maximum absolute atomic E-state index is 4.86. The summed E-state index contributed by atoms with van der Waals surface area (Å²) < 4.78 is 0. The fourth-order valence-electron chi connectivity index (χ4n) is 5.86. The van der Waals surface area contributed by atoms with E-state index >= 15 is 0 Å². The van der Waals surface area contributed by atoms with E-state index in [1.54, 1.807) is 21.5 Å². The summed E-state index contributed by atoms with van der Waals surface area (Å²) in [4.78, 5) is 9.72. The van der Waals surface area contributed by atoms with Crippen molar-refractivity contribution in [2.45, 2.75) is 103 Å². The minimum atomic E-state index is -1.58. The van der Waals surface area contributed by atoms with Gasteiger partial charge in [-0.2, -0.15) is 16.3 Å². The number of aromatic nitrogens is 2. The number of hydrogen-bond donors (Lipinski definition) is 0. The Hall–Kier alpha value is -1.19. The monoisotopic (exact) mass is 688 g/mol. The van der Waals surface area contributed by atoms with Crippen LogP contribution in [0, 0.1) is 0 Å². The second-order valence-electron chi connectivity index (χ2n) is 15.3. The maximum Gasteiger partial charge on any atom is 0.0694 e. The van der Waals surface area contributed by atoms with Crippen molar-refractivity contribution < 1.29 is 17.1 Å². The van der Waals surface area contributed by atoms with E-state index in [1.807, 2.05) is 54.9 Å². The van der Waals surface area contributed by atoms with Crippen molar-refractivity contribution in [2.24, 2.45) is 0 Å². The van der Waals surface area contributed by atoms with Crippen LogP contribution < -0.4 is 21.2 Å². The smallest absolute Gasteiger partial charge is 0.0694 e. The molecule has 240 valence electrons. The quantitative estimate of drug-likeness (QED) is 0.105. The molecule has 2 aromatic heterocycles. The van der Waals surface area contributed by atoms with Gasteiger partial charge < -0.3 is 30.3 Å². The number of hydrogen-bond acceptors (Lipinski definition) is 2. The first-order valence-corrected chi connectivity index (χ1v) is 25.3. The zero-order valence-electron chi connectivity index (χ0n) is 28.6. The van der Waals surface area contributed by atoms with Crippen LogP contribution in [0.5, 0.6) is 0 Å². The average Bonchev–Trinajstić information content (AvgIpc) is 3.57. The first-order valence-electron chi connectivity index (χ1n) is 15.3. The van der Waals surface area contributed by atoms with Gasteiger partial charge in [0.2, 0.25) is 0 Å². The van der Waals surface area contributed by atoms with Crippen molar-refractivity contribution in [3.8, 4) is 0 Å².